The van der Waals surface area contributed by atoms with Crippen LogP contribution in [0.2, 0.25) is 0 Å². The van der Waals surface area contributed by atoms with Crippen molar-refractivity contribution in [3.05, 3.63) is 46.0 Å². The number of H-pyrrole nitrogens is 2. The second-order valence-corrected chi connectivity index (χ2v) is 6.06. The molecule has 2 aromatic heterocycles. The molecule has 0 atom stereocenters. The van der Waals surface area contributed by atoms with E-state index in [1.165, 1.54) is 72.2 Å². The van der Waals surface area contributed by atoms with Gasteiger partial charge in [-0.05, 0) is 75.6 Å². The summed E-state index contributed by atoms with van der Waals surface area (Å²) in [6.45, 7) is 8.77. The zero-order chi connectivity index (χ0) is 14.5. The second kappa shape index (κ2) is 6.83. The van der Waals surface area contributed by atoms with Gasteiger partial charge in [-0.1, -0.05) is 12.8 Å². The minimum absolute atomic E-state index is 1.23. The van der Waals surface area contributed by atoms with Crippen molar-refractivity contribution >= 4 is 0 Å². The van der Waals surface area contributed by atoms with Gasteiger partial charge in [0.1, 0.15) is 0 Å². The molecule has 0 aliphatic carbocycles. The maximum atomic E-state index is 3.32. The number of aromatic nitrogens is 2. The topological polar surface area (TPSA) is 31.6 Å². The first kappa shape index (κ1) is 15.0. The van der Waals surface area contributed by atoms with Crippen LogP contribution in [0.1, 0.15) is 59.3 Å². The van der Waals surface area contributed by atoms with E-state index in [-0.39, 0.29) is 0 Å². The Labute approximate surface area is 123 Å². The highest BCUT2D eigenvalue weighted by atomic mass is 14.7. The fourth-order valence-electron chi connectivity index (χ4n) is 3.10. The van der Waals surface area contributed by atoms with Gasteiger partial charge in [-0.3, -0.25) is 0 Å². The van der Waals surface area contributed by atoms with Crippen molar-refractivity contribution in [1.29, 1.82) is 0 Å². The van der Waals surface area contributed by atoms with Crippen molar-refractivity contribution in [3.8, 4) is 0 Å². The monoisotopic (exact) mass is 272 g/mol. The van der Waals surface area contributed by atoms with Crippen LogP contribution < -0.4 is 0 Å². The first-order valence-electron chi connectivity index (χ1n) is 7.86. The van der Waals surface area contributed by atoms with Crippen molar-refractivity contribution in [2.75, 3.05) is 0 Å². The third kappa shape index (κ3) is 3.56. The van der Waals surface area contributed by atoms with Gasteiger partial charge in [0, 0.05) is 23.8 Å². The molecule has 0 aliphatic rings. The molecule has 0 aromatic carbocycles. The van der Waals surface area contributed by atoms with E-state index in [9.17, 15) is 0 Å². The van der Waals surface area contributed by atoms with Crippen LogP contribution >= 0.6 is 0 Å². The maximum Gasteiger partial charge on any atom is 0.0150 e. The van der Waals surface area contributed by atoms with Crippen LogP contribution in [0, 0.1) is 27.7 Å². The van der Waals surface area contributed by atoms with Crippen molar-refractivity contribution in [2.24, 2.45) is 0 Å². The number of nitrogens with one attached hydrogen (secondary N) is 2. The molecule has 0 radical (unpaired) electrons. The molecule has 0 saturated heterocycles. The third-order valence-electron chi connectivity index (χ3n) is 4.47. The lowest BCUT2D eigenvalue weighted by atomic mass is 10.0. The molecule has 2 aromatic rings. The van der Waals surface area contributed by atoms with Gasteiger partial charge in [0.15, 0.2) is 0 Å². The predicted molar refractivity (Wildman–Crippen MR) is 86.4 cm³/mol. The van der Waals surface area contributed by atoms with E-state index in [0.29, 0.717) is 0 Å². The molecule has 2 N–H and O–H groups in total. The molecule has 0 spiro atoms. The average molecular weight is 272 g/mol. The zero-order valence-electron chi connectivity index (χ0n) is 13.4. The minimum atomic E-state index is 1.23. The van der Waals surface area contributed by atoms with Crippen LogP contribution in [0.5, 0.6) is 0 Å². The number of aromatic amines is 2. The fraction of sp³-hybridized carbons (Fsp3) is 0.556. The Hall–Kier alpha value is -1.44. The van der Waals surface area contributed by atoms with Crippen molar-refractivity contribution in [3.63, 3.8) is 0 Å². The molecule has 0 unspecified atom stereocenters. The molecule has 0 bridgehead atoms. The standard InChI is InChI=1S/C18H28N2/c1-13-11-19-15(3)17(13)9-7-5-6-8-10-18-14(2)12-20-16(18)4/h11-12,19-20H,5-10H2,1-4H3. The highest BCUT2D eigenvalue weighted by molar-refractivity contribution is 5.29. The Morgan fingerprint density at radius 2 is 1.05 bits per heavy atom. The van der Waals surface area contributed by atoms with E-state index in [0.717, 1.165) is 0 Å². The molecule has 2 nitrogen and oxygen atoms in total. The summed E-state index contributed by atoms with van der Waals surface area (Å²) in [5.74, 6) is 0. The Balaban J connectivity index is 1.65. The third-order valence-corrected chi connectivity index (χ3v) is 4.47. The fourth-order valence-corrected chi connectivity index (χ4v) is 3.10. The smallest absolute Gasteiger partial charge is 0.0150 e. The Kier molecular flexibility index (Phi) is 5.11. The summed E-state index contributed by atoms with van der Waals surface area (Å²) in [6.07, 6.45) is 12.0. The number of hydrogen-bond donors (Lipinski definition) is 2. The van der Waals surface area contributed by atoms with Gasteiger partial charge >= 0.3 is 0 Å². The summed E-state index contributed by atoms with van der Waals surface area (Å²) in [7, 11) is 0. The molecule has 2 heterocycles. The minimum Gasteiger partial charge on any atom is -0.365 e. The Morgan fingerprint density at radius 1 is 0.650 bits per heavy atom. The number of aryl methyl sites for hydroxylation is 4. The highest BCUT2D eigenvalue weighted by Crippen LogP contribution is 2.18. The number of hydrogen-bond acceptors (Lipinski definition) is 0. The Morgan fingerprint density at radius 3 is 1.35 bits per heavy atom. The lowest BCUT2D eigenvalue weighted by molar-refractivity contribution is 0.637. The lowest BCUT2D eigenvalue weighted by Gasteiger charge is -2.05. The van der Waals surface area contributed by atoms with Crippen LogP contribution in [0.15, 0.2) is 12.4 Å². The molecule has 20 heavy (non-hydrogen) atoms. The summed E-state index contributed by atoms with van der Waals surface area (Å²) in [6, 6.07) is 0. The summed E-state index contributed by atoms with van der Waals surface area (Å²) in [4.78, 5) is 6.63. The van der Waals surface area contributed by atoms with E-state index in [2.05, 4.69) is 50.1 Å². The molecule has 0 amide bonds. The molecule has 110 valence electrons. The Bertz CT molecular complexity index is 457. The van der Waals surface area contributed by atoms with Gasteiger partial charge in [-0.25, -0.2) is 0 Å². The first-order chi connectivity index (χ1) is 9.59. The van der Waals surface area contributed by atoms with Crippen LogP contribution in [0.4, 0.5) is 0 Å². The molecule has 0 fully saturated rings. The van der Waals surface area contributed by atoms with E-state index in [4.69, 9.17) is 0 Å². The van der Waals surface area contributed by atoms with E-state index in [1.807, 2.05) is 0 Å². The van der Waals surface area contributed by atoms with Crippen LogP contribution in [0.25, 0.3) is 0 Å². The van der Waals surface area contributed by atoms with Gasteiger partial charge in [0.05, 0.1) is 0 Å². The number of rotatable bonds is 7. The van der Waals surface area contributed by atoms with Gasteiger partial charge in [0.2, 0.25) is 0 Å². The molecule has 2 rings (SSSR count). The molecule has 0 aliphatic heterocycles. The predicted octanol–water partition coefficient (Wildman–Crippen LogP) is 4.92. The SMILES string of the molecule is Cc1c[nH]c(C)c1CCCCCCc1c(C)c[nH]c1C. The van der Waals surface area contributed by atoms with Crippen molar-refractivity contribution in [1.82, 2.24) is 9.97 Å². The van der Waals surface area contributed by atoms with Gasteiger partial charge < -0.3 is 9.97 Å². The number of unbranched alkanes of at least 4 members (excludes halogenated alkanes) is 3. The van der Waals surface area contributed by atoms with Crippen LogP contribution in [-0.4, -0.2) is 9.97 Å². The summed E-state index contributed by atoms with van der Waals surface area (Å²) < 4.78 is 0. The van der Waals surface area contributed by atoms with Crippen LogP contribution in [0.3, 0.4) is 0 Å². The zero-order valence-corrected chi connectivity index (χ0v) is 13.4. The molecule has 0 saturated carbocycles. The van der Waals surface area contributed by atoms with Crippen molar-refractivity contribution < 1.29 is 0 Å². The van der Waals surface area contributed by atoms with Crippen molar-refractivity contribution in [2.45, 2.75) is 66.2 Å². The second-order valence-electron chi connectivity index (χ2n) is 6.06. The van der Waals surface area contributed by atoms with Gasteiger partial charge in [0.25, 0.3) is 0 Å². The summed E-state index contributed by atoms with van der Waals surface area (Å²) in [5, 5.41) is 0. The van der Waals surface area contributed by atoms with E-state index in [1.54, 1.807) is 0 Å². The average Bonchev–Trinajstić information content (AvgIpc) is 2.90. The maximum absolute atomic E-state index is 3.32. The quantitative estimate of drug-likeness (QED) is 0.670. The van der Waals surface area contributed by atoms with E-state index >= 15 is 0 Å². The normalized spacial score (nSPS) is 11.2. The van der Waals surface area contributed by atoms with Gasteiger partial charge in [-0.15, -0.1) is 0 Å². The summed E-state index contributed by atoms with van der Waals surface area (Å²) in [5.41, 5.74) is 8.59. The highest BCUT2D eigenvalue weighted by Gasteiger charge is 2.05. The first-order valence-corrected chi connectivity index (χ1v) is 7.86. The largest absolute Gasteiger partial charge is 0.365 e. The summed E-state index contributed by atoms with van der Waals surface area (Å²) >= 11 is 0. The molecular weight excluding hydrogens is 244 g/mol. The molecular formula is C18H28N2. The van der Waals surface area contributed by atoms with Gasteiger partial charge in [-0.2, -0.15) is 0 Å². The van der Waals surface area contributed by atoms with E-state index < -0.39 is 0 Å². The molecule has 2 heteroatoms. The lowest BCUT2D eigenvalue weighted by Crippen LogP contribution is -1.92. The van der Waals surface area contributed by atoms with Crippen LogP contribution in [-0.2, 0) is 12.8 Å².